The number of nitrogens with one attached hydrogen (secondary N) is 1. The quantitative estimate of drug-likeness (QED) is 0.825. The Balaban J connectivity index is 2.68. The number of nitrogens with zero attached hydrogens (tertiary/aromatic N) is 2. The van der Waals surface area contributed by atoms with Crippen molar-refractivity contribution >= 4 is 5.82 Å². The van der Waals surface area contributed by atoms with Crippen LogP contribution in [0.1, 0.15) is 38.6 Å². The topological polar surface area (TPSA) is 37.8 Å². The fourth-order valence-electron chi connectivity index (χ4n) is 1.34. The number of hydrogen-bond donors (Lipinski definition) is 1. The van der Waals surface area contributed by atoms with Crippen LogP contribution in [0.15, 0.2) is 6.20 Å². The van der Waals surface area contributed by atoms with Crippen molar-refractivity contribution < 1.29 is 0 Å². The van der Waals surface area contributed by atoms with Crippen LogP contribution in [0.2, 0.25) is 0 Å². The fourth-order valence-corrected chi connectivity index (χ4v) is 1.34. The van der Waals surface area contributed by atoms with Gasteiger partial charge in [-0.15, -0.1) is 0 Å². The standard InChI is InChI=1S/C12H21N3/c1-6-8(2)9(3)14-12-7-13-10(4)11(5)15-12/h7-9H,6H2,1-5H3,(H,14,15). The smallest absolute Gasteiger partial charge is 0.145 e. The number of aryl methyl sites for hydroxylation is 2. The third-order valence-corrected chi connectivity index (χ3v) is 3.07. The maximum atomic E-state index is 4.46. The maximum absolute atomic E-state index is 4.46. The molecule has 1 aromatic rings. The van der Waals surface area contributed by atoms with Crippen LogP contribution in [0.25, 0.3) is 0 Å². The molecule has 1 aromatic heterocycles. The molecule has 1 N–H and O–H groups in total. The normalized spacial score (nSPS) is 14.7. The molecule has 0 radical (unpaired) electrons. The molecule has 0 fully saturated rings. The first-order chi connectivity index (χ1) is 7.04. The highest BCUT2D eigenvalue weighted by atomic mass is 15.0. The van der Waals surface area contributed by atoms with Gasteiger partial charge in [-0.3, -0.25) is 4.98 Å². The summed E-state index contributed by atoms with van der Waals surface area (Å²) < 4.78 is 0. The van der Waals surface area contributed by atoms with E-state index in [1.807, 2.05) is 13.8 Å². The van der Waals surface area contributed by atoms with E-state index in [1.165, 1.54) is 6.42 Å². The zero-order chi connectivity index (χ0) is 11.4. The summed E-state index contributed by atoms with van der Waals surface area (Å²) in [6, 6.07) is 0.436. The molecule has 1 heterocycles. The van der Waals surface area contributed by atoms with E-state index >= 15 is 0 Å². The average Bonchev–Trinajstić information content (AvgIpc) is 2.22. The van der Waals surface area contributed by atoms with E-state index < -0.39 is 0 Å². The Kier molecular flexibility index (Phi) is 4.06. The molecule has 2 unspecified atom stereocenters. The van der Waals surface area contributed by atoms with Gasteiger partial charge in [0.05, 0.1) is 17.6 Å². The summed E-state index contributed by atoms with van der Waals surface area (Å²) >= 11 is 0. The molecule has 3 nitrogen and oxygen atoms in total. The van der Waals surface area contributed by atoms with Gasteiger partial charge in [-0.25, -0.2) is 4.98 Å². The van der Waals surface area contributed by atoms with Gasteiger partial charge in [-0.1, -0.05) is 20.3 Å². The molecule has 0 aromatic carbocycles. The van der Waals surface area contributed by atoms with Crippen LogP contribution in [0.5, 0.6) is 0 Å². The molecule has 15 heavy (non-hydrogen) atoms. The zero-order valence-corrected chi connectivity index (χ0v) is 10.3. The largest absolute Gasteiger partial charge is 0.366 e. The summed E-state index contributed by atoms with van der Waals surface area (Å²) in [6.07, 6.45) is 2.98. The Hall–Kier alpha value is -1.12. The molecule has 0 amide bonds. The molecule has 1 rings (SSSR count). The molecular formula is C12H21N3. The van der Waals surface area contributed by atoms with Crippen LogP contribution < -0.4 is 5.32 Å². The number of rotatable bonds is 4. The van der Waals surface area contributed by atoms with Crippen molar-refractivity contribution in [1.82, 2.24) is 9.97 Å². The van der Waals surface area contributed by atoms with Gasteiger partial charge in [0.15, 0.2) is 0 Å². The second kappa shape index (κ2) is 5.10. The highest BCUT2D eigenvalue weighted by Gasteiger charge is 2.10. The summed E-state index contributed by atoms with van der Waals surface area (Å²) in [6.45, 7) is 10.6. The molecule has 0 saturated heterocycles. The molecule has 0 aliphatic carbocycles. The van der Waals surface area contributed by atoms with Gasteiger partial charge in [-0.2, -0.15) is 0 Å². The molecule has 0 bridgehead atoms. The van der Waals surface area contributed by atoms with Gasteiger partial charge in [0.2, 0.25) is 0 Å². The highest BCUT2D eigenvalue weighted by Crippen LogP contribution is 2.13. The third-order valence-electron chi connectivity index (χ3n) is 3.07. The van der Waals surface area contributed by atoms with Crippen LogP contribution in [0.3, 0.4) is 0 Å². The predicted octanol–water partition coefficient (Wildman–Crippen LogP) is 2.94. The van der Waals surface area contributed by atoms with Gasteiger partial charge in [0.1, 0.15) is 5.82 Å². The molecular weight excluding hydrogens is 186 g/mol. The Morgan fingerprint density at radius 2 is 1.93 bits per heavy atom. The number of hydrogen-bond acceptors (Lipinski definition) is 3. The third kappa shape index (κ3) is 3.18. The summed E-state index contributed by atoms with van der Waals surface area (Å²) in [5.41, 5.74) is 1.99. The Labute approximate surface area is 92.3 Å². The lowest BCUT2D eigenvalue weighted by Crippen LogP contribution is -2.24. The zero-order valence-electron chi connectivity index (χ0n) is 10.3. The van der Waals surface area contributed by atoms with Crippen LogP contribution in [-0.4, -0.2) is 16.0 Å². The molecule has 0 aliphatic heterocycles. The first-order valence-electron chi connectivity index (χ1n) is 5.61. The summed E-state index contributed by atoms with van der Waals surface area (Å²) in [7, 11) is 0. The first kappa shape index (κ1) is 12.0. The van der Waals surface area contributed by atoms with Crippen molar-refractivity contribution in [2.75, 3.05) is 5.32 Å². The van der Waals surface area contributed by atoms with Crippen molar-refractivity contribution in [1.29, 1.82) is 0 Å². The van der Waals surface area contributed by atoms with E-state index in [0.717, 1.165) is 17.2 Å². The maximum Gasteiger partial charge on any atom is 0.145 e. The molecule has 3 heteroatoms. The van der Waals surface area contributed by atoms with Crippen molar-refractivity contribution in [3.8, 4) is 0 Å². The summed E-state index contributed by atoms with van der Waals surface area (Å²) in [5.74, 6) is 1.53. The summed E-state index contributed by atoms with van der Waals surface area (Å²) in [4.78, 5) is 8.75. The Bertz CT molecular complexity index is 323. The molecule has 84 valence electrons. The van der Waals surface area contributed by atoms with Gasteiger partial charge < -0.3 is 5.32 Å². The van der Waals surface area contributed by atoms with Crippen molar-refractivity contribution in [3.05, 3.63) is 17.6 Å². The average molecular weight is 207 g/mol. The van der Waals surface area contributed by atoms with Gasteiger partial charge in [0.25, 0.3) is 0 Å². The molecule has 0 saturated carbocycles. The lowest BCUT2D eigenvalue weighted by atomic mass is 10.0. The lowest BCUT2D eigenvalue weighted by Gasteiger charge is -2.20. The van der Waals surface area contributed by atoms with Crippen LogP contribution in [0, 0.1) is 19.8 Å². The van der Waals surface area contributed by atoms with Gasteiger partial charge in [-0.05, 0) is 26.7 Å². The van der Waals surface area contributed by atoms with Crippen molar-refractivity contribution in [3.63, 3.8) is 0 Å². The van der Waals surface area contributed by atoms with Crippen LogP contribution >= 0.6 is 0 Å². The minimum Gasteiger partial charge on any atom is -0.366 e. The second-order valence-corrected chi connectivity index (χ2v) is 4.24. The van der Waals surface area contributed by atoms with E-state index in [4.69, 9.17) is 0 Å². The number of aromatic nitrogens is 2. The highest BCUT2D eigenvalue weighted by molar-refractivity contribution is 5.34. The Morgan fingerprint density at radius 3 is 2.47 bits per heavy atom. The van der Waals surface area contributed by atoms with Crippen molar-refractivity contribution in [2.45, 2.75) is 47.1 Å². The van der Waals surface area contributed by atoms with E-state index in [9.17, 15) is 0 Å². The van der Waals surface area contributed by atoms with E-state index in [0.29, 0.717) is 12.0 Å². The predicted molar refractivity (Wildman–Crippen MR) is 64.0 cm³/mol. The monoisotopic (exact) mass is 207 g/mol. The lowest BCUT2D eigenvalue weighted by molar-refractivity contribution is 0.493. The fraction of sp³-hybridized carbons (Fsp3) is 0.667. The van der Waals surface area contributed by atoms with E-state index in [2.05, 4.69) is 36.1 Å². The van der Waals surface area contributed by atoms with Crippen LogP contribution in [-0.2, 0) is 0 Å². The molecule has 0 spiro atoms. The minimum absolute atomic E-state index is 0.436. The van der Waals surface area contributed by atoms with E-state index in [-0.39, 0.29) is 0 Å². The molecule has 2 atom stereocenters. The second-order valence-electron chi connectivity index (χ2n) is 4.24. The summed E-state index contributed by atoms with van der Waals surface area (Å²) in [5, 5.41) is 3.39. The van der Waals surface area contributed by atoms with Crippen LogP contribution in [0.4, 0.5) is 5.82 Å². The SMILES string of the molecule is CCC(C)C(C)Nc1cnc(C)c(C)n1. The first-order valence-corrected chi connectivity index (χ1v) is 5.61. The van der Waals surface area contributed by atoms with Crippen molar-refractivity contribution in [2.24, 2.45) is 5.92 Å². The number of anilines is 1. The minimum atomic E-state index is 0.436. The van der Waals surface area contributed by atoms with Gasteiger partial charge in [0, 0.05) is 6.04 Å². The van der Waals surface area contributed by atoms with E-state index in [1.54, 1.807) is 6.20 Å². The molecule has 0 aliphatic rings. The van der Waals surface area contributed by atoms with Gasteiger partial charge >= 0.3 is 0 Å². The Morgan fingerprint density at radius 1 is 1.27 bits per heavy atom.